The molecular formula is C11H19N3O2. The van der Waals surface area contributed by atoms with Crippen LogP contribution in [0.5, 0.6) is 0 Å². The Hall–Kier alpha value is -1.10. The maximum atomic E-state index is 12.0. The molecule has 0 aromatic rings. The van der Waals surface area contributed by atoms with Gasteiger partial charge in [-0.05, 0) is 19.8 Å². The summed E-state index contributed by atoms with van der Waals surface area (Å²) in [5.41, 5.74) is 0. The summed E-state index contributed by atoms with van der Waals surface area (Å²) in [4.78, 5) is 24.9. The third kappa shape index (κ3) is 2.52. The number of hydrogen-bond donors (Lipinski definition) is 2. The number of nitrogens with zero attached hydrogens (tertiary/aromatic N) is 1. The number of carbonyl (C=O) groups is 2. The minimum atomic E-state index is -0.184. The Bertz CT molecular complexity index is 287. The molecule has 0 radical (unpaired) electrons. The van der Waals surface area contributed by atoms with Crippen LogP contribution in [0.15, 0.2) is 0 Å². The first kappa shape index (κ1) is 11.4. The number of nitrogens with one attached hydrogen (secondary N) is 2. The number of hydrogen-bond acceptors (Lipinski definition) is 3. The zero-order chi connectivity index (χ0) is 11.5. The Labute approximate surface area is 95.6 Å². The van der Waals surface area contributed by atoms with E-state index in [1.54, 1.807) is 0 Å². The highest BCUT2D eigenvalue weighted by Crippen LogP contribution is 2.10. The van der Waals surface area contributed by atoms with E-state index in [4.69, 9.17) is 0 Å². The first-order valence-electron chi connectivity index (χ1n) is 5.98. The van der Waals surface area contributed by atoms with Crippen LogP contribution in [0.2, 0.25) is 0 Å². The molecule has 2 aliphatic rings. The molecule has 90 valence electrons. The molecule has 2 rings (SSSR count). The van der Waals surface area contributed by atoms with Gasteiger partial charge in [-0.25, -0.2) is 0 Å². The molecule has 0 aliphatic carbocycles. The molecule has 2 amide bonds. The van der Waals surface area contributed by atoms with Crippen molar-refractivity contribution in [2.75, 3.05) is 19.6 Å². The van der Waals surface area contributed by atoms with E-state index < -0.39 is 0 Å². The van der Waals surface area contributed by atoms with Gasteiger partial charge < -0.3 is 15.5 Å². The molecule has 2 N–H and O–H groups in total. The van der Waals surface area contributed by atoms with Crippen molar-refractivity contribution in [3.8, 4) is 0 Å². The second kappa shape index (κ2) is 4.82. The number of rotatable bonds is 3. The SMILES string of the molecule is CC(NC1CNC(=O)C1)C(=O)N1CCCC1. The van der Waals surface area contributed by atoms with Crippen LogP contribution in [0.1, 0.15) is 26.2 Å². The Kier molecular flexibility index (Phi) is 3.43. The molecule has 0 bridgehead atoms. The lowest BCUT2D eigenvalue weighted by molar-refractivity contribution is -0.132. The van der Waals surface area contributed by atoms with Gasteiger partial charge in [0, 0.05) is 32.1 Å². The van der Waals surface area contributed by atoms with Crippen molar-refractivity contribution < 1.29 is 9.59 Å². The van der Waals surface area contributed by atoms with Gasteiger partial charge in [0.2, 0.25) is 11.8 Å². The summed E-state index contributed by atoms with van der Waals surface area (Å²) in [5, 5.41) is 5.97. The maximum Gasteiger partial charge on any atom is 0.239 e. The minimum absolute atomic E-state index is 0.0679. The smallest absolute Gasteiger partial charge is 0.239 e. The average Bonchev–Trinajstić information content (AvgIpc) is 2.88. The summed E-state index contributed by atoms with van der Waals surface area (Å²) in [7, 11) is 0. The third-order valence-electron chi connectivity index (χ3n) is 3.25. The minimum Gasteiger partial charge on any atom is -0.354 e. The number of amides is 2. The molecule has 2 saturated heterocycles. The summed E-state index contributed by atoms with van der Waals surface area (Å²) in [6.07, 6.45) is 2.71. The Morgan fingerprint density at radius 3 is 2.75 bits per heavy atom. The molecule has 0 spiro atoms. The molecule has 5 nitrogen and oxygen atoms in total. The highest BCUT2D eigenvalue weighted by atomic mass is 16.2. The molecule has 2 fully saturated rings. The summed E-state index contributed by atoms with van der Waals surface area (Å²) in [6.45, 7) is 4.28. The third-order valence-corrected chi connectivity index (χ3v) is 3.25. The number of carbonyl (C=O) groups excluding carboxylic acids is 2. The fourth-order valence-electron chi connectivity index (χ4n) is 2.36. The van der Waals surface area contributed by atoms with Crippen LogP contribution >= 0.6 is 0 Å². The molecule has 2 unspecified atom stereocenters. The van der Waals surface area contributed by atoms with Gasteiger partial charge in [0.05, 0.1) is 6.04 Å². The fourth-order valence-corrected chi connectivity index (χ4v) is 2.36. The molecule has 2 atom stereocenters. The van der Waals surface area contributed by atoms with Crippen LogP contribution in [0.3, 0.4) is 0 Å². The predicted octanol–water partition coefficient (Wildman–Crippen LogP) is -0.525. The van der Waals surface area contributed by atoms with Gasteiger partial charge >= 0.3 is 0 Å². The predicted molar refractivity (Wildman–Crippen MR) is 59.8 cm³/mol. The number of likely N-dealkylation sites (tertiary alicyclic amines) is 1. The van der Waals surface area contributed by atoms with Crippen molar-refractivity contribution in [2.45, 2.75) is 38.3 Å². The molecule has 0 saturated carbocycles. The van der Waals surface area contributed by atoms with Crippen LogP contribution in [0, 0.1) is 0 Å². The van der Waals surface area contributed by atoms with E-state index in [-0.39, 0.29) is 23.9 Å². The van der Waals surface area contributed by atoms with Crippen LogP contribution < -0.4 is 10.6 Å². The lowest BCUT2D eigenvalue weighted by atomic mass is 10.2. The molecular weight excluding hydrogens is 206 g/mol. The first-order valence-corrected chi connectivity index (χ1v) is 5.98. The van der Waals surface area contributed by atoms with Crippen molar-refractivity contribution in [2.24, 2.45) is 0 Å². The highest BCUT2D eigenvalue weighted by Gasteiger charge is 2.28. The van der Waals surface area contributed by atoms with Crippen molar-refractivity contribution in [1.29, 1.82) is 0 Å². The van der Waals surface area contributed by atoms with E-state index in [1.165, 1.54) is 0 Å². The highest BCUT2D eigenvalue weighted by molar-refractivity contribution is 5.82. The molecule has 0 aromatic carbocycles. The van der Waals surface area contributed by atoms with Crippen molar-refractivity contribution in [3.05, 3.63) is 0 Å². The standard InChI is InChI=1S/C11H19N3O2/c1-8(11(16)14-4-2-3-5-14)13-9-6-10(15)12-7-9/h8-9,13H,2-7H2,1H3,(H,12,15). The zero-order valence-corrected chi connectivity index (χ0v) is 9.66. The molecule has 2 aliphatic heterocycles. The fraction of sp³-hybridized carbons (Fsp3) is 0.818. The van der Waals surface area contributed by atoms with E-state index in [0.717, 1.165) is 25.9 Å². The van der Waals surface area contributed by atoms with Gasteiger partial charge in [-0.2, -0.15) is 0 Å². The van der Waals surface area contributed by atoms with Crippen LogP contribution in [-0.2, 0) is 9.59 Å². The quantitative estimate of drug-likeness (QED) is 0.679. The van der Waals surface area contributed by atoms with E-state index in [2.05, 4.69) is 10.6 Å². The second-order valence-corrected chi connectivity index (χ2v) is 4.63. The largest absolute Gasteiger partial charge is 0.354 e. The van der Waals surface area contributed by atoms with Gasteiger partial charge in [-0.3, -0.25) is 9.59 Å². The van der Waals surface area contributed by atoms with Crippen LogP contribution in [0.4, 0.5) is 0 Å². The topological polar surface area (TPSA) is 61.4 Å². The van der Waals surface area contributed by atoms with Crippen molar-refractivity contribution >= 4 is 11.8 Å². The monoisotopic (exact) mass is 225 g/mol. The lowest BCUT2D eigenvalue weighted by Gasteiger charge is -2.23. The Morgan fingerprint density at radius 2 is 2.19 bits per heavy atom. The van der Waals surface area contributed by atoms with E-state index in [1.807, 2.05) is 11.8 Å². The van der Waals surface area contributed by atoms with Crippen molar-refractivity contribution in [1.82, 2.24) is 15.5 Å². The van der Waals surface area contributed by atoms with Crippen LogP contribution in [0.25, 0.3) is 0 Å². The summed E-state index contributed by atoms with van der Waals surface area (Å²) >= 11 is 0. The second-order valence-electron chi connectivity index (χ2n) is 4.63. The van der Waals surface area contributed by atoms with E-state index >= 15 is 0 Å². The average molecular weight is 225 g/mol. The van der Waals surface area contributed by atoms with E-state index in [9.17, 15) is 9.59 Å². The molecule has 2 heterocycles. The van der Waals surface area contributed by atoms with E-state index in [0.29, 0.717) is 13.0 Å². The van der Waals surface area contributed by atoms with Gasteiger partial charge in [-0.15, -0.1) is 0 Å². The summed E-state index contributed by atoms with van der Waals surface area (Å²) in [6, 6.07) is -0.0788. The van der Waals surface area contributed by atoms with Gasteiger partial charge in [0.1, 0.15) is 0 Å². The lowest BCUT2D eigenvalue weighted by Crippen LogP contribution is -2.48. The Balaban J connectivity index is 1.80. The zero-order valence-electron chi connectivity index (χ0n) is 9.66. The first-order chi connectivity index (χ1) is 7.66. The molecule has 16 heavy (non-hydrogen) atoms. The van der Waals surface area contributed by atoms with Gasteiger partial charge in [-0.1, -0.05) is 0 Å². The summed E-state index contributed by atoms with van der Waals surface area (Å²) < 4.78 is 0. The van der Waals surface area contributed by atoms with Gasteiger partial charge in [0.25, 0.3) is 0 Å². The maximum absolute atomic E-state index is 12.0. The van der Waals surface area contributed by atoms with Gasteiger partial charge in [0.15, 0.2) is 0 Å². The molecule has 0 aromatic heterocycles. The van der Waals surface area contributed by atoms with Crippen molar-refractivity contribution in [3.63, 3.8) is 0 Å². The van der Waals surface area contributed by atoms with Crippen LogP contribution in [-0.4, -0.2) is 48.4 Å². The Morgan fingerprint density at radius 1 is 1.50 bits per heavy atom. The molecule has 5 heteroatoms. The summed E-state index contributed by atoms with van der Waals surface area (Å²) in [5.74, 6) is 0.232. The normalized spacial score (nSPS) is 26.9.